The Morgan fingerprint density at radius 1 is 1.16 bits per heavy atom. The molecule has 1 amide bonds. The first-order chi connectivity index (χ1) is 12.1. The lowest BCUT2D eigenvalue weighted by molar-refractivity contribution is 0.102. The van der Waals surface area contributed by atoms with E-state index in [-0.39, 0.29) is 18.3 Å². The molecule has 0 bridgehead atoms. The molecular formula is C19H14ClFN2O2. The van der Waals surface area contributed by atoms with Gasteiger partial charge in [0.1, 0.15) is 18.2 Å². The van der Waals surface area contributed by atoms with Gasteiger partial charge >= 0.3 is 0 Å². The van der Waals surface area contributed by atoms with Crippen LogP contribution in [0.15, 0.2) is 67.0 Å². The first-order valence-corrected chi connectivity index (χ1v) is 7.88. The number of ether oxygens (including phenoxy) is 1. The molecule has 1 N–H and O–H groups in total. The van der Waals surface area contributed by atoms with Gasteiger partial charge in [-0.2, -0.15) is 0 Å². The lowest BCUT2D eigenvalue weighted by atomic mass is 10.2. The molecule has 3 rings (SSSR count). The summed E-state index contributed by atoms with van der Waals surface area (Å²) >= 11 is 6.19. The van der Waals surface area contributed by atoms with E-state index in [9.17, 15) is 9.18 Å². The number of pyridine rings is 1. The van der Waals surface area contributed by atoms with Crippen molar-refractivity contribution < 1.29 is 13.9 Å². The number of carbonyl (C=O) groups excluding carboxylic acids is 1. The van der Waals surface area contributed by atoms with Gasteiger partial charge in [0.15, 0.2) is 0 Å². The maximum Gasteiger partial charge on any atom is 0.257 e. The summed E-state index contributed by atoms with van der Waals surface area (Å²) < 4.78 is 18.8. The Labute approximate surface area is 149 Å². The minimum absolute atomic E-state index is 0.193. The summed E-state index contributed by atoms with van der Waals surface area (Å²) in [6.07, 6.45) is 3.08. The Kier molecular flexibility index (Phi) is 5.26. The maximum absolute atomic E-state index is 13.2. The van der Waals surface area contributed by atoms with E-state index >= 15 is 0 Å². The van der Waals surface area contributed by atoms with Crippen molar-refractivity contribution in [2.24, 2.45) is 0 Å². The smallest absolute Gasteiger partial charge is 0.257 e. The molecule has 0 unspecified atom stereocenters. The fourth-order valence-electron chi connectivity index (χ4n) is 2.18. The van der Waals surface area contributed by atoms with Crippen molar-refractivity contribution in [2.45, 2.75) is 6.61 Å². The highest BCUT2D eigenvalue weighted by molar-refractivity contribution is 6.32. The third kappa shape index (κ3) is 4.55. The number of amides is 1. The molecule has 0 aliphatic carbocycles. The van der Waals surface area contributed by atoms with Crippen LogP contribution in [0, 0.1) is 5.82 Å². The minimum atomic E-state index is -0.319. The summed E-state index contributed by atoms with van der Waals surface area (Å²) in [5, 5.41) is 3.09. The third-order valence-corrected chi connectivity index (χ3v) is 3.69. The number of aromatic nitrogens is 1. The molecule has 3 aromatic rings. The topological polar surface area (TPSA) is 51.2 Å². The van der Waals surface area contributed by atoms with E-state index in [1.165, 1.54) is 18.3 Å². The number of carbonyl (C=O) groups is 1. The summed E-state index contributed by atoms with van der Waals surface area (Å²) in [7, 11) is 0. The molecule has 1 aromatic heterocycles. The lowest BCUT2D eigenvalue weighted by Gasteiger charge is -2.10. The van der Waals surface area contributed by atoms with Crippen LogP contribution >= 0.6 is 11.6 Å². The zero-order chi connectivity index (χ0) is 17.6. The van der Waals surface area contributed by atoms with E-state index in [4.69, 9.17) is 16.3 Å². The summed E-state index contributed by atoms with van der Waals surface area (Å²) in [6, 6.07) is 14.4. The zero-order valence-electron chi connectivity index (χ0n) is 13.1. The predicted octanol–water partition coefficient (Wildman–Crippen LogP) is 4.71. The van der Waals surface area contributed by atoms with Crippen LogP contribution in [0.4, 0.5) is 10.1 Å². The lowest BCUT2D eigenvalue weighted by Crippen LogP contribution is -2.12. The first-order valence-electron chi connectivity index (χ1n) is 7.50. The van der Waals surface area contributed by atoms with E-state index in [0.29, 0.717) is 27.6 Å². The van der Waals surface area contributed by atoms with Crippen LogP contribution in [0.2, 0.25) is 5.02 Å². The van der Waals surface area contributed by atoms with Crippen LogP contribution in [0.5, 0.6) is 5.75 Å². The van der Waals surface area contributed by atoms with Crippen molar-refractivity contribution in [3.63, 3.8) is 0 Å². The molecule has 0 aliphatic heterocycles. The van der Waals surface area contributed by atoms with Gasteiger partial charge in [0, 0.05) is 18.1 Å². The highest BCUT2D eigenvalue weighted by Crippen LogP contribution is 2.28. The monoisotopic (exact) mass is 356 g/mol. The van der Waals surface area contributed by atoms with Crippen LogP contribution in [-0.4, -0.2) is 10.9 Å². The fraction of sp³-hybridized carbons (Fsp3) is 0.0526. The number of anilines is 1. The van der Waals surface area contributed by atoms with E-state index in [2.05, 4.69) is 10.3 Å². The van der Waals surface area contributed by atoms with Gasteiger partial charge in [-0.25, -0.2) is 4.39 Å². The Morgan fingerprint density at radius 3 is 2.76 bits per heavy atom. The molecule has 0 fully saturated rings. The van der Waals surface area contributed by atoms with Crippen LogP contribution in [0.25, 0.3) is 0 Å². The number of hydrogen-bond acceptors (Lipinski definition) is 3. The van der Waals surface area contributed by atoms with E-state index < -0.39 is 0 Å². The molecule has 0 spiro atoms. The molecule has 2 aromatic carbocycles. The van der Waals surface area contributed by atoms with Gasteiger partial charge in [-0.15, -0.1) is 0 Å². The third-order valence-electron chi connectivity index (χ3n) is 3.40. The molecular weight excluding hydrogens is 343 g/mol. The molecule has 6 heteroatoms. The van der Waals surface area contributed by atoms with Crippen LogP contribution < -0.4 is 10.1 Å². The van der Waals surface area contributed by atoms with Crippen LogP contribution in [-0.2, 0) is 6.61 Å². The van der Waals surface area contributed by atoms with Crippen molar-refractivity contribution in [2.75, 3.05) is 5.32 Å². The quantitative estimate of drug-likeness (QED) is 0.720. The van der Waals surface area contributed by atoms with Crippen molar-refractivity contribution >= 4 is 23.2 Å². The molecule has 0 aliphatic rings. The summed E-state index contributed by atoms with van der Waals surface area (Å²) in [5.74, 6) is -0.149. The second-order valence-electron chi connectivity index (χ2n) is 5.26. The minimum Gasteiger partial charge on any atom is -0.487 e. The van der Waals surface area contributed by atoms with E-state index in [1.807, 2.05) is 0 Å². The molecule has 25 heavy (non-hydrogen) atoms. The van der Waals surface area contributed by atoms with Crippen molar-refractivity contribution in [3.8, 4) is 5.75 Å². The van der Waals surface area contributed by atoms with Crippen molar-refractivity contribution in [1.82, 2.24) is 4.98 Å². The first kappa shape index (κ1) is 16.9. The number of hydrogen-bond donors (Lipinski definition) is 1. The van der Waals surface area contributed by atoms with Crippen LogP contribution in [0.3, 0.4) is 0 Å². The van der Waals surface area contributed by atoms with E-state index in [1.54, 1.807) is 48.7 Å². The van der Waals surface area contributed by atoms with Gasteiger partial charge in [-0.05, 0) is 48.0 Å². The standard InChI is InChI=1S/C19H14ClFN2O2/c20-17-10-16(23-19(24)14-4-2-8-22-11-14)6-7-18(17)25-12-13-3-1-5-15(21)9-13/h1-11H,12H2,(H,23,24). The highest BCUT2D eigenvalue weighted by Gasteiger charge is 2.09. The molecule has 0 saturated heterocycles. The number of benzene rings is 2. The molecule has 4 nitrogen and oxygen atoms in total. The van der Waals surface area contributed by atoms with Gasteiger partial charge in [0.05, 0.1) is 10.6 Å². The Bertz CT molecular complexity index is 888. The normalized spacial score (nSPS) is 10.3. The summed E-state index contributed by atoms with van der Waals surface area (Å²) in [5.41, 5.74) is 1.69. The van der Waals surface area contributed by atoms with Crippen LogP contribution in [0.1, 0.15) is 15.9 Å². The molecule has 0 saturated carbocycles. The number of nitrogens with zero attached hydrogens (tertiary/aromatic N) is 1. The SMILES string of the molecule is O=C(Nc1ccc(OCc2cccc(F)c2)c(Cl)c1)c1cccnc1. The second kappa shape index (κ2) is 7.77. The molecule has 126 valence electrons. The summed E-state index contributed by atoms with van der Waals surface area (Å²) in [6.45, 7) is 0.193. The van der Waals surface area contributed by atoms with Gasteiger partial charge in [-0.3, -0.25) is 9.78 Å². The second-order valence-corrected chi connectivity index (χ2v) is 5.67. The Hall–Kier alpha value is -2.92. The van der Waals surface area contributed by atoms with Gasteiger partial charge in [-0.1, -0.05) is 23.7 Å². The number of halogens is 2. The van der Waals surface area contributed by atoms with Gasteiger partial charge in [0.2, 0.25) is 0 Å². The Morgan fingerprint density at radius 2 is 2.04 bits per heavy atom. The average Bonchev–Trinajstić information content (AvgIpc) is 2.62. The molecule has 1 heterocycles. The average molecular weight is 357 g/mol. The Balaban J connectivity index is 1.65. The highest BCUT2D eigenvalue weighted by atomic mass is 35.5. The largest absolute Gasteiger partial charge is 0.487 e. The van der Waals surface area contributed by atoms with Crippen molar-refractivity contribution in [1.29, 1.82) is 0 Å². The summed E-state index contributed by atoms with van der Waals surface area (Å²) in [4.78, 5) is 16.0. The number of rotatable bonds is 5. The molecule has 0 radical (unpaired) electrons. The maximum atomic E-state index is 13.2. The van der Waals surface area contributed by atoms with Gasteiger partial charge < -0.3 is 10.1 Å². The van der Waals surface area contributed by atoms with Crippen molar-refractivity contribution in [3.05, 3.63) is 89.0 Å². The number of nitrogens with one attached hydrogen (secondary N) is 1. The van der Waals surface area contributed by atoms with E-state index in [0.717, 1.165) is 0 Å². The zero-order valence-corrected chi connectivity index (χ0v) is 13.8. The molecule has 0 atom stereocenters. The predicted molar refractivity (Wildman–Crippen MR) is 94.4 cm³/mol. The fourth-order valence-corrected chi connectivity index (χ4v) is 2.42. The van der Waals surface area contributed by atoms with Gasteiger partial charge in [0.25, 0.3) is 5.91 Å².